The van der Waals surface area contributed by atoms with E-state index in [9.17, 15) is 8.42 Å². The zero-order valence-corrected chi connectivity index (χ0v) is 13.9. The van der Waals surface area contributed by atoms with Crippen molar-refractivity contribution in [3.63, 3.8) is 0 Å². The fraction of sp³-hybridized carbons (Fsp3) is 0.308. The van der Waals surface area contributed by atoms with Crippen LogP contribution in [0.2, 0.25) is 0 Å². The van der Waals surface area contributed by atoms with Gasteiger partial charge in [-0.2, -0.15) is 4.72 Å². The fourth-order valence-electron chi connectivity index (χ4n) is 1.78. The lowest BCUT2D eigenvalue weighted by molar-refractivity contribution is 0.281. The van der Waals surface area contributed by atoms with Crippen molar-refractivity contribution in [3.05, 3.63) is 46.1 Å². The molecule has 0 saturated heterocycles. The number of aliphatic hydroxyl groups excluding tert-OH is 1. The van der Waals surface area contributed by atoms with E-state index in [-0.39, 0.29) is 11.5 Å². The Bertz CT molecular complexity index is 742. The van der Waals surface area contributed by atoms with Crippen molar-refractivity contribution in [3.8, 4) is 0 Å². The Balaban J connectivity index is 2.26. The molecule has 0 radical (unpaired) electrons. The molecule has 2 N–H and O–H groups in total. The smallest absolute Gasteiger partial charge is 0.242 e. The summed E-state index contributed by atoms with van der Waals surface area (Å²) in [6.07, 6.45) is 1.53. The normalized spacial score (nSPS) is 13.3. The molecule has 0 saturated carbocycles. The second-order valence-corrected chi connectivity index (χ2v) is 7.11. The molecule has 0 amide bonds. The van der Waals surface area contributed by atoms with Crippen molar-refractivity contribution >= 4 is 26.0 Å². The number of benzene rings is 1. The topological polar surface area (TPSA) is 92.4 Å². The summed E-state index contributed by atoms with van der Waals surface area (Å²) >= 11 is 3.20. The predicted molar refractivity (Wildman–Crippen MR) is 80.0 cm³/mol. The molecule has 1 aromatic heterocycles. The molecule has 2 rings (SSSR count). The minimum absolute atomic E-state index is 0.0924. The number of sulfonamides is 1. The van der Waals surface area contributed by atoms with Gasteiger partial charge in [0.2, 0.25) is 15.9 Å². The SMILES string of the molecule is Cc1cnc(C(C)NS(=O)(=O)c2ccc(CO)cc2Br)o1. The molecule has 0 spiro atoms. The van der Waals surface area contributed by atoms with Crippen LogP contribution in [0.3, 0.4) is 0 Å². The Morgan fingerprint density at radius 2 is 2.19 bits per heavy atom. The van der Waals surface area contributed by atoms with Gasteiger partial charge >= 0.3 is 0 Å². The maximum absolute atomic E-state index is 12.4. The van der Waals surface area contributed by atoms with Crippen molar-refractivity contribution in [2.75, 3.05) is 0 Å². The lowest BCUT2D eigenvalue weighted by Gasteiger charge is -2.13. The predicted octanol–water partition coefficient (Wildman–Crippen LogP) is 2.28. The summed E-state index contributed by atoms with van der Waals surface area (Å²) in [4.78, 5) is 4.10. The second-order valence-electron chi connectivity index (χ2n) is 4.58. The first-order chi connectivity index (χ1) is 9.83. The van der Waals surface area contributed by atoms with Gasteiger partial charge in [-0.3, -0.25) is 0 Å². The highest BCUT2D eigenvalue weighted by molar-refractivity contribution is 9.10. The number of aryl methyl sites for hydroxylation is 1. The molecule has 1 aromatic carbocycles. The number of halogens is 1. The molecule has 0 aliphatic heterocycles. The standard InChI is InChI=1S/C13H15BrN2O4S/c1-8-6-15-13(20-8)9(2)16-21(18,19)12-4-3-10(7-17)5-11(12)14/h3-6,9,16-17H,7H2,1-2H3. The third kappa shape index (κ3) is 3.70. The largest absolute Gasteiger partial charge is 0.444 e. The van der Waals surface area contributed by atoms with Gasteiger partial charge in [-0.25, -0.2) is 13.4 Å². The number of hydrogen-bond acceptors (Lipinski definition) is 5. The van der Waals surface area contributed by atoms with Gasteiger partial charge in [0.25, 0.3) is 0 Å². The number of nitrogens with one attached hydrogen (secondary N) is 1. The molecule has 1 heterocycles. The molecule has 1 atom stereocenters. The van der Waals surface area contributed by atoms with Crippen LogP contribution in [0, 0.1) is 6.92 Å². The number of nitrogens with zero attached hydrogens (tertiary/aromatic N) is 1. The fourth-order valence-corrected chi connectivity index (χ4v) is 4.10. The number of hydrogen-bond donors (Lipinski definition) is 2. The number of rotatable bonds is 5. The number of aromatic nitrogens is 1. The Kier molecular flexibility index (Phi) is 4.82. The highest BCUT2D eigenvalue weighted by Crippen LogP contribution is 2.25. The third-order valence-corrected chi connectivity index (χ3v) is 5.33. The lowest BCUT2D eigenvalue weighted by Crippen LogP contribution is -2.27. The van der Waals surface area contributed by atoms with Crippen molar-refractivity contribution in [2.45, 2.75) is 31.4 Å². The zero-order chi connectivity index (χ0) is 15.6. The highest BCUT2D eigenvalue weighted by Gasteiger charge is 2.23. The van der Waals surface area contributed by atoms with E-state index in [1.54, 1.807) is 26.0 Å². The van der Waals surface area contributed by atoms with Gasteiger partial charge in [-0.15, -0.1) is 0 Å². The number of oxazole rings is 1. The molecular weight excluding hydrogens is 360 g/mol. The Morgan fingerprint density at radius 3 is 2.71 bits per heavy atom. The lowest BCUT2D eigenvalue weighted by atomic mass is 10.2. The maximum atomic E-state index is 12.4. The average molecular weight is 375 g/mol. The van der Waals surface area contributed by atoms with Crippen LogP contribution in [0.15, 0.2) is 38.2 Å². The van der Waals surface area contributed by atoms with Gasteiger partial charge in [-0.1, -0.05) is 6.07 Å². The maximum Gasteiger partial charge on any atom is 0.242 e. The number of aliphatic hydroxyl groups is 1. The van der Waals surface area contributed by atoms with Crippen molar-refractivity contribution in [1.29, 1.82) is 0 Å². The monoisotopic (exact) mass is 374 g/mol. The molecule has 114 valence electrons. The van der Waals surface area contributed by atoms with Crippen LogP contribution in [0.4, 0.5) is 0 Å². The van der Waals surface area contributed by atoms with Crippen LogP contribution >= 0.6 is 15.9 Å². The minimum atomic E-state index is -3.73. The van der Waals surface area contributed by atoms with Gasteiger partial charge in [0.15, 0.2) is 0 Å². The molecule has 8 heteroatoms. The first-order valence-electron chi connectivity index (χ1n) is 6.17. The van der Waals surface area contributed by atoms with E-state index in [0.717, 1.165) is 0 Å². The van der Waals surface area contributed by atoms with E-state index in [2.05, 4.69) is 25.6 Å². The van der Waals surface area contributed by atoms with Gasteiger partial charge in [-0.05, 0) is 47.5 Å². The second kappa shape index (κ2) is 6.27. The summed E-state index contributed by atoms with van der Waals surface area (Å²) in [5.41, 5.74) is 0.622. The van der Waals surface area contributed by atoms with Crippen LogP contribution in [0.25, 0.3) is 0 Å². The first-order valence-corrected chi connectivity index (χ1v) is 8.45. The van der Waals surface area contributed by atoms with Gasteiger partial charge in [0.05, 0.1) is 23.7 Å². The van der Waals surface area contributed by atoms with Gasteiger partial charge in [0.1, 0.15) is 5.76 Å². The Labute approximate surface area is 131 Å². The third-order valence-electron chi connectivity index (χ3n) is 2.81. The molecule has 2 aromatic rings. The molecule has 6 nitrogen and oxygen atoms in total. The molecule has 0 bridgehead atoms. The van der Waals surface area contributed by atoms with E-state index in [1.807, 2.05) is 0 Å². The van der Waals surface area contributed by atoms with E-state index < -0.39 is 16.1 Å². The van der Waals surface area contributed by atoms with Crippen molar-refractivity contribution < 1.29 is 17.9 Å². The van der Waals surface area contributed by atoms with E-state index in [4.69, 9.17) is 9.52 Å². The van der Waals surface area contributed by atoms with Crippen LogP contribution < -0.4 is 4.72 Å². The summed E-state index contributed by atoms with van der Waals surface area (Å²) in [5, 5.41) is 9.05. The van der Waals surface area contributed by atoms with Gasteiger partial charge in [0, 0.05) is 4.47 Å². The summed E-state index contributed by atoms with van der Waals surface area (Å²) in [7, 11) is -3.73. The van der Waals surface area contributed by atoms with Crippen molar-refractivity contribution in [2.24, 2.45) is 0 Å². The zero-order valence-electron chi connectivity index (χ0n) is 11.5. The van der Waals surface area contributed by atoms with Crippen LogP contribution in [-0.4, -0.2) is 18.5 Å². The van der Waals surface area contributed by atoms with Crippen molar-refractivity contribution in [1.82, 2.24) is 9.71 Å². The minimum Gasteiger partial charge on any atom is -0.444 e. The quantitative estimate of drug-likeness (QED) is 0.837. The van der Waals surface area contributed by atoms with E-state index in [1.165, 1.54) is 12.3 Å². The molecule has 0 aliphatic carbocycles. The molecule has 0 aliphatic rings. The summed E-state index contributed by atoms with van der Waals surface area (Å²) in [5.74, 6) is 0.920. The van der Waals surface area contributed by atoms with E-state index >= 15 is 0 Å². The van der Waals surface area contributed by atoms with Crippen LogP contribution in [0.5, 0.6) is 0 Å². The summed E-state index contributed by atoms with van der Waals surface area (Å²) < 4.78 is 32.9. The molecule has 21 heavy (non-hydrogen) atoms. The van der Waals surface area contributed by atoms with E-state index in [0.29, 0.717) is 21.7 Å². The summed E-state index contributed by atoms with van der Waals surface area (Å²) in [6, 6.07) is 3.97. The molecule has 1 unspecified atom stereocenters. The summed E-state index contributed by atoms with van der Waals surface area (Å²) in [6.45, 7) is 3.24. The highest BCUT2D eigenvalue weighted by atomic mass is 79.9. The van der Waals surface area contributed by atoms with Gasteiger partial charge < -0.3 is 9.52 Å². The van der Waals surface area contributed by atoms with Crippen LogP contribution in [-0.2, 0) is 16.6 Å². The average Bonchev–Trinajstić information content (AvgIpc) is 2.84. The Hall–Kier alpha value is -1.22. The first kappa shape index (κ1) is 16.2. The molecule has 0 fully saturated rings. The van der Waals surface area contributed by atoms with Crippen LogP contribution in [0.1, 0.15) is 30.2 Å². The molecular formula is C13H15BrN2O4S. The Morgan fingerprint density at radius 1 is 1.48 bits per heavy atom.